The van der Waals surface area contributed by atoms with Crippen molar-refractivity contribution in [2.24, 2.45) is 0 Å². The summed E-state index contributed by atoms with van der Waals surface area (Å²) in [6, 6.07) is 2.88. The van der Waals surface area contributed by atoms with Crippen molar-refractivity contribution in [3.8, 4) is 5.75 Å². The average molecular weight is 226 g/mol. The first-order valence-electron chi connectivity index (χ1n) is 3.71. The number of aryl methyl sites for hydroxylation is 1. The number of halogens is 4. The average Bonchev–Trinajstić information content (AvgIpc) is 2.00. The minimum Gasteiger partial charge on any atom is -0.481 e. The van der Waals surface area contributed by atoms with Crippen molar-refractivity contribution in [3.05, 3.63) is 23.0 Å². The summed E-state index contributed by atoms with van der Waals surface area (Å²) in [5.41, 5.74) is 0.620. The zero-order valence-corrected chi connectivity index (χ0v) is 7.99. The third-order valence-corrected chi connectivity index (χ3v) is 1.62. The highest BCUT2D eigenvalue weighted by atomic mass is 35.5. The summed E-state index contributed by atoms with van der Waals surface area (Å²) in [6.07, 6.45) is -4.37. The molecule has 0 fully saturated rings. The van der Waals surface area contributed by atoms with Crippen molar-refractivity contribution in [2.45, 2.75) is 13.1 Å². The molecule has 2 nitrogen and oxygen atoms in total. The number of hydrogen-bond acceptors (Lipinski definition) is 2. The molecule has 1 aromatic heterocycles. The van der Waals surface area contributed by atoms with E-state index in [1.165, 1.54) is 12.1 Å². The maximum absolute atomic E-state index is 11.8. The molecule has 0 aromatic carbocycles. The second-order valence-electron chi connectivity index (χ2n) is 2.65. The minimum atomic E-state index is -4.37. The van der Waals surface area contributed by atoms with E-state index >= 15 is 0 Å². The third kappa shape index (κ3) is 3.41. The Balaban J connectivity index is 2.68. The molecule has 0 N–H and O–H groups in total. The lowest BCUT2D eigenvalue weighted by molar-refractivity contribution is -0.153. The van der Waals surface area contributed by atoms with Crippen LogP contribution in [0, 0.1) is 6.92 Å². The lowest BCUT2D eigenvalue weighted by Gasteiger charge is -2.09. The van der Waals surface area contributed by atoms with Crippen molar-refractivity contribution in [2.75, 3.05) is 6.61 Å². The zero-order chi connectivity index (χ0) is 10.8. The van der Waals surface area contributed by atoms with Crippen LogP contribution in [0.3, 0.4) is 0 Å². The lowest BCUT2D eigenvalue weighted by Crippen LogP contribution is -2.19. The van der Waals surface area contributed by atoms with Crippen LogP contribution < -0.4 is 4.74 Å². The van der Waals surface area contributed by atoms with E-state index in [9.17, 15) is 13.2 Å². The standard InChI is InChI=1S/C8H7ClF3NO/c1-5-2-3-6(7(9)13-5)14-4-8(10,11)12/h2-3H,4H2,1H3. The first-order valence-corrected chi connectivity index (χ1v) is 4.09. The molecule has 1 heterocycles. The molecule has 6 heteroatoms. The number of alkyl halides is 3. The summed E-state index contributed by atoms with van der Waals surface area (Å²) in [5.74, 6) is -0.0606. The molecule has 0 saturated heterocycles. The predicted molar refractivity (Wildman–Crippen MR) is 45.5 cm³/mol. The molecule has 78 valence electrons. The normalized spacial score (nSPS) is 11.5. The molecule has 1 rings (SSSR count). The number of ether oxygens (including phenoxy) is 1. The number of pyridine rings is 1. The van der Waals surface area contributed by atoms with Crippen LogP contribution in [0.2, 0.25) is 5.15 Å². The fourth-order valence-corrected chi connectivity index (χ4v) is 1.03. The van der Waals surface area contributed by atoms with E-state index in [1.807, 2.05) is 0 Å². The Morgan fingerprint density at radius 1 is 1.43 bits per heavy atom. The topological polar surface area (TPSA) is 22.1 Å². The van der Waals surface area contributed by atoms with Gasteiger partial charge < -0.3 is 4.74 Å². The summed E-state index contributed by atoms with van der Waals surface area (Å²) in [5, 5.41) is -0.0609. The molecule has 1 aromatic rings. The Morgan fingerprint density at radius 3 is 2.57 bits per heavy atom. The lowest BCUT2D eigenvalue weighted by atomic mass is 10.4. The van der Waals surface area contributed by atoms with Crippen molar-refractivity contribution in [3.63, 3.8) is 0 Å². The molecule has 0 amide bonds. The molecule has 0 spiro atoms. The van der Waals surface area contributed by atoms with Crippen LogP contribution >= 0.6 is 11.6 Å². The Labute approximate surface area is 83.7 Å². The Bertz CT molecular complexity index is 327. The molecule has 0 radical (unpaired) electrons. The van der Waals surface area contributed by atoms with Gasteiger partial charge in [0.05, 0.1) is 0 Å². The van der Waals surface area contributed by atoms with Gasteiger partial charge in [0, 0.05) is 5.69 Å². The second-order valence-corrected chi connectivity index (χ2v) is 3.00. The van der Waals surface area contributed by atoms with Gasteiger partial charge in [0.1, 0.15) is 0 Å². The van der Waals surface area contributed by atoms with Crippen molar-refractivity contribution < 1.29 is 17.9 Å². The molecule has 0 saturated carbocycles. The maximum Gasteiger partial charge on any atom is 0.422 e. The number of rotatable bonds is 2. The summed E-state index contributed by atoms with van der Waals surface area (Å²) in [6.45, 7) is 0.316. The van der Waals surface area contributed by atoms with Gasteiger partial charge in [-0.25, -0.2) is 4.98 Å². The number of hydrogen-bond donors (Lipinski definition) is 0. The maximum atomic E-state index is 11.8. The number of aromatic nitrogens is 1. The van der Waals surface area contributed by atoms with Gasteiger partial charge in [0.2, 0.25) is 0 Å². The SMILES string of the molecule is Cc1ccc(OCC(F)(F)F)c(Cl)n1. The highest BCUT2D eigenvalue weighted by molar-refractivity contribution is 6.30. The first-order chi connectivity index (χ1) is 6.38. The molecular formula is C8H7ClF3NO. The molecule has 0 aliphatic rings. The minimum absolute atomic E-state index is 0.0606. The van der Waals surface area contributed by atoms with Gasteiger partial charge in [-0.2, -0.15) is 13.2 Å². The van der Waals surface area contributed by atoms with E-state index in [4.69, 9.17) is 11.6 Å². The van der Waals surface area contributed by atoms with Gasteiger partial charge in [0.25, 0.3) is 0 Å². The summed E-state index contributed by atoms with van der Waals surface area (Å²) < 4.78 is 39.7. The molecule has 0 aliphatic heterocycles. The molecule has 0 aliphatic carbocycles. The Hall–Kier alpha value is -0.970. The van der Waals surface area contributed by atoms with Crippen LogP contribution in [-0.4, -0.2) is 17.8 Å². The monoisotopic (exact) mass is 225 g/mol. The first kappa shape index (κ1) is 11.1. The smallest absolute Gasteiger partial charge is 0.422 e. The fourth-order valence-electron chi connectivity index (χ4n) is 0.779. The Morgan fingerprint density at radius 2 is 2.07 bits per heavy atom. The Kier molecular flexibility index (Phi) is 3.21. The van der Waals surface area contributed by atoms with E-state index in [0.29, 0.717) is 5.69 Å². The van der Waals surface area contributed by atoms with Crippen LogP contribution in [0.15, 0.2) is 12.1 Å². The summed E-state index contributed by atoms with van der Waals surface area (Å²) in [4.78, 5) is 3.75. The van der Waals surface area contributed by atoms with E-state index in [0.717, 1.165) is 0 Å². The van der Waals surface area contributed by atoms with Gasteiger partial charge >= 0.3 is 6.18 Å². The second kappa shape index (κ2) is 4.04. The molecular weight excluding hydrogens is 219 g/mol. The summed E-state index contributed by atoms with van der Waals surface area (Å²) in [7, 11) is 0. The fraction of sp³-hybridized carbons (Fsp3) is 0.375. The van der Waals surface area contributed by atoms with Crippen LogP contribution in [0.1, 0.15) is 5.69 Å². The van der Waals surface area contributed by atoms with Gasteiger partial charge in [0.15, 0.2) is 17.5 Å². The van der Waals surface area contributed by atoms with Crippen molar-refractivity contribution >= 4 is 11.6 Å². The van der Waals surface area contributed by atoms with Gasteiger partial charge in [-0.1, -0.05) is 11.6 Å². The van der Waals surface area contributed by atoms with Gasteiger partial charge in [-0.3, -0.25) is 0 Å². The van der Waals surface area contributed by atoms with Crippen LogP contribution in [0.4, 0.5) is 13.2 Å². The van der Waals surface area contributed by atoms with Gasteiger partial charge in [-0.15, -0.1) is 0 Å². The van der Waals surface area contributed by atoms with E-state index in [1.54, 1.807) is 6.92 Å². The highest BCUT2D eigenvalue weighted by Crippen LogP contribution is 2.24. The highest BCUT2D eigenvalue weighted by Gasteiger charge is 2.28. The summed E-state index contributed by atoms with van der Waals surface area (Å²) >= 11 is 5.55. The van der Waals surface area contributed by atoms with Gasteiger partial charge in [-0.05, 0) is 19.1 Å². The van der Waals surface area contributed by atoms with Crippen LogP contribution in [-0.2, 0) is 0 Å². The van der Waals surface area contributed by atoms with E-state index in [2.05, 4.69) is 9.72 Å². The predicted octanol–water partition coefficient (Wildman–Crippen LogP) is 2.98. The molecule has 0 bridgehead atoms. The third-order valence-electron chi connectivity index (χ3n) is 1.35. The zero-order valence-electron chi connectivity index (χ0n) is 7.23. The van der Waals surface area contributed by atoms with E-state index < -0.39 is 12.8 Å². The largest absolute Gasteiger partial charge is 0.481 e. The molecule has 0 unspecified atom stereocenters. The van der Waals surface area contributed by atoms with E-state index in [-0.39, 0.29) is 10.9 Å². The molecule has 0 atom stereocenters. The number of nitrogens with zero attached hydrogens (tertiary/aromatic N) is 1. The van der Waals surface area contributed by atoms with Crippen LogP contribution in [0.25, 0.3) is 0 Å². The van der Waals surface area contributed by atoms with Crippen molar-refractivity contribution in [1.29, 1.82) is 0 Å². The quantitative estimate of drug-likeness (QED) is 0.722. The molecule has 14 heavy (non-hydrogen) atoms. The van der Waals surface area contributed by atoms with Crippen molar-refractivity contribution in [1.82, 2.24) is 4.98 Å². The van der Waals surface area contributed by atoms with Crippen LogP contribution in [0.5, 0.6) is 5.75 Å².